The molecule has 152 valence electrons. The fourth-order valence-electron chi connectivity index (χ4n) is 4.26. The highest BCUT2D eigenvalue weighted by Gasteiger charge is 2.41. The molecule has 2 aliphatic heterocycles. The predicted molar refractivity (Wildman–Crippen MR) is 105 cm³/mol. The lowest BCUT2D eigenvalue weighted by atomic mass is 9.89. The van der Waals surface area contributed by atoms with Gasteiger partial charge in [0, 0.05) is 37.9 Å². The molecular weight excluding hydrogens is 387 g/mol. The highest BCUT2D eigenvalue weighted by molar-refractivity contribution is 6.01. The first-order chi connectivity index (χ1) is 14.6. The van der Waals surface area contributed by atoms with Gasteiger partial charge >= 0.3 is 0 Å². The molecule has 0 unspecified atom stereocenters. The lowest BCUT2D eigenvalue weighted by Crippen LogP contribution is -2.31. The molecule has 1 fully saturated rings. The predicted octanol–water partition coefficient (Wildman–Crippen LogP) is 2.01. The minimum absolute atomic E-state index is 0.0789. The summed E-state index contributed by atoms with van der Waals surface area (Å²) >= 11 is 0. The number of pyridine rings is 1. The molecule has 8 nitrogen and oxygen atoms in total. The van der Waals surface area contributed by atoms with Crippen LogP contribution in [0.15, 0.2) is 48.7 Å². The fourth-order valence-corrected chi connectivity index (χ4v) is 4.26. The van der Waals surface area contributed by atoms with E-state index >= 15 is 0 Å². The van der Waals surface area contributed by atoms with E-state index in [1.54, 1.807) is 30.5 Å². The zero-order valence-corrected chi connectivity index (χ0v) is 16.0. The van der Waals surface area contributed by atoms with Crippen molar-refractivity contribution in [3.63, 3.8) is 0 Å². The second-order valence-corrected chi connectivity index (χ2v) is 7.66. The van der Waals surface area contributed by atoms with Crippen LogP contribution in [0.1, 0.15) is 26.9 Å². The van der Waals surface area contributed by atoms with E-state index in [-0.39, 0.29) is 23.6 Å². The largest absolute Gasteiger partial charge is 0.337 e. The summed E-state index contributed by atoms with van der Waals surface area (Å²) in [5.41, 5.74) is 0.796. The third kappa shape index (κ3) is 3.32. The maximum Gasteiger partial charge on any atom is 0.293 e. The number of amides is 2. The van der Waals surface area contributed by atoms with Gasteiger partial charge in [0.05, 0.1) is 0 Å². The minimum atomic E-state index is -0.433. The average molecular weight is 406 g/mol. The number of fused-ring (bicyclic) bond motifs is 2. The molecule has 0 aliphatic carbocycles. The quantitative estimate of drug-likeness (QED) is 0.718. The van der Waals surface area contributed by atoms with Gasteiger partial charge in [0.25, 0.3) is 11.8 Å². The van der Waals surface area contributed by atoms with Crippen LogP contribution in [0.2, 0.25) is 0 Å². The van der Waals surface area contributed by atoms with Crippen molar-refractivity contribution in [2.45, 2.75) is 13.0 Å². The summed E-state index contributed by atoms with van der Waals surface area (Å²) in [6.45, 7) is 1.80. The molecule has 0 saturated carbocycles. The average Bonchev–Trinajstić information content (AvgIpc) is 3.35. The Hall–Kier alpha value is -3.62. The Kier molecular flexibility index (Phi) is 4.50. The molecule has 2 aromatic heterocycles. The molecule has 3 aromatic rings. The van der Waals surface area contributed by atoms with Crippen molar-refractivity contribution in [2.75, 3.05) is 18.4 Å². The molecular formula is C21H19FN6O2. The normalized spacial score (nSPS) is 19.8. The number of likely N-dealkylation sites (tertiary alicyclic amines) is 1. The van der Waals surface area contributed by atoms with Crippen molar-refractivity contribution in [3.05, 3.63) is 71.8 Å². The van der Waals surface area contributed by atoms with E-state index in [1.807, 2.05) is 9.47 Å². The summed E-state index contributed by atoms with van der Waals surface area (Å²) in [6.07, 6.45) is 2.26. The summed E-state index contributed by atoms with van der Waals surface area (Å²) < 4.78 is 15.2. The minimum Gasteiger partial charge on any atom is -0.337 e. The van der Waals surface area contributed by atoms with Gasteiger partial charge in [-0.25, -0.2) is 4.39 Å². The highest BCUT2D eigenvalue weighted by Crippen LogP contribution is 2.33. The molecule has 0 bridgehead atoms. The van der Waals surface area contributed by atoms with Gasteiger partial charge in [0.1, 0.15) is 17.3 Å². The Morgan fingerprint density at radius 2 is 1.90 bits per heavy atom. The Bertz CT molecular complexity index is 1120. The Morgan fingerprint density at radius 1 is 1.03 bits per heavy atom. The van der Waals surface area contributed by atoms with Crippen LogP contribution in [0.25, 0.3) is 0 Å². The highest BCUT2D eigenvalue weighted by atomic mass is 19.1. The van der Waals surface area contributed by atoms with Gasteiger partial charge in [0.2, 0.25) is 5.82 Å². The Labute approximate surface area is 171 Å². The van der Waals surface area contributed by atoms with Crippen molar-refractivity contribution in [1.82, 2.24) is 24.6 Å². The number of hydrogen-bond donors (Lipinski definition) is 1. The van der Waals surface area contributed by atoms with Crippen LogP contribution in [0, 0.1) is 17.7 Å². The van der Waals surface area contributed by atoms with Crippen LogP contribution in [0.5, 0.6) is 0 Å². The molecule has 2 amide bonds. The van der Waals surface area contributed by atoms with Crippen LogP contribution in [0.4, 0.5) is 10.1 Å². The third-order valence-electron chi connectivity index (χ3n) is 5.72. The lowest BCUT2D eigenvalue weighted by Gasteiger charge is -2.25. The van der Waals surface area contributed by atoms with Gasteiger partial charge in [-0.05, 0) is 42.2 Å². The van der Waals surface area contributed by atoms with E-state index in [1.165, 1.54) is 18.2 Å². The molecule has 1 saturated heterocycles. The molecule has 30 heavy (non-hydrogen) atoms. The second-order valence-electron chi connectivity index (χ2n) is 7.66. The number of nitrogens with zero attached hydrogens (tertiary/aromatic N) is 5. The van der Waals surface area contributed by atoms with Gasteiger partial charge in [-0.3, -0.25) is 14.6 Å². The zero-order chi connectivity index (χ0) is 20.7. The molecule has 0 spiro atoms. The summed E-state index contributed by atoms with van der Waals surface area (Å²) in [4.78, 5) is 31.4. The summed E-state index contributed by atoms with van der Waals surface area (Å²) in [7, 11) is 0. The van der Waals surface area contributed by atoms with E-state index in [4.69, 9.17) is 0 Å². The molecule has 9 heteroatoms. The van der Waals surface area contributed by atoms with Crippen molar-refractivity contribution in [3.8, 4) is 0 Å². The van der Waals surface area contributed by atoms with E-state index in [0.29, 0.717) is 37.4 Å². The van der Waals surface area contributed by atoms with E-state index < -0.39 is 11.7 Å². The van der Waals surface area contributed by atoms with Gasteiger partial charge in [-0.2, -0.15) is 0 Å². The number of nitrogens with one attached hydrogen (secondary N) is 1. The molecule has 1 aromatic carbocycles. The first kappa shape index (κ1) is 18.4. The first-order valence-corrected chi connectivity index (χ1v) is 9.78. The van der Waals surface area contributed by atoms with E-state index in [0.717, 1.165) is 5.82 Å². The number of rotatable bonds is 3. The van der Waals surface area contributed by atoms with Crippen molar-refractivity contribution in [1.29, 1.82) is 0 Å². The second kappa shape index (κ2) is 7.33. The summed E-state index contributed by atoms with van der Waals surface area (Å²) in [5, 5.41) is 10.9. The van der Waals surface area contributed by atoms with Crippen LogP contribution in [0.3, 0.4) is 0 Å². The van der Waals surface area contributed by atoms with Crippen molar-refractivity contribution < 1.29 is 14.0 Å². The van der Waals surface area contributed by atoms with Crippen molar-refractivity contribution in [2.24, 2.45) is 11.8 Å². The number of carbonyl (C=O) groups excluding carboxylic acids is 2. The van der Waals surface area contributed by atoms with Gasteiger partial charge in [-0.15, -0.1) is 10.2 Å². The monoisotopic (exact) mass is 406 g/mol. The molecule has 2 aliphatic rings. The fraction of sp³-hybridized carbons (Fsp3) is 0.286. The van der Waals surface area contributed by atoms with E-state index in [9.17, 15) is 14.0 Å². The zero-order valence-electron chi connectivity index (χ0n) is 16.0. The van der Waals surface area contributed by atoms with Crippen LogP contribution in [-0.4, -0.2) is 49.6 Å². The first-order valence-electron chi connectivity index (χ1n) is 9.78. The lowest BCUT2D eigenvalue weighted by molar-refractivity contribution is 0.0777. The van der Waals surface area contributed by atoms with Crippen LogP contribution >= 0.6 is 0 Å². The van der Waals surface area contributed by atoms with E-state index in [2.05, 4.69) is 20.5 Å². The summed E-state index contributed by atoms with van der Waals surface area (Å²) in [5.74, 6) is 0.468. The standard InChI is InChI=1S/C21H19FN6O2/c22-15-4-3-5-16(9-15)24-20(29)19-26-25-18-8-13-10-27(11-14(13)12-28(18)19)21(30)17-6-1-2-7-23-17/h1-7,9,13-14H,8,10-12H2,(H,24,29)/t13-,14+/m0/s1. The molecule has 5 rings (SSSR count). The maximum absolute atomic E-state index is 13.4. The van der Waals surface area contributed by atoms with Crippen LogP contribution in [-0.2, 0) is 13.0 Å². The topological polar surface area (TPSA) is 93.0 Å². The SMILES string of the molecule is O=C(Nc1cccc(F)c1)c1nnc2n1C[C@H]1CN(C(=O)c3ccccn3)C[C@@H]1C2. The van der Waals surface area contributed by atoms with Crippen molar-refractivity contribution >= 4 is 17.5 Å². The van der Waals surface area contributed by atoms with Gasteiger partial charge in [-0.1, -0.05) is 12.1 Å². The number of carbonyl (C=O) groups is 2. The third-order valence-corrected chi connectivity index (χ3v) is 5.72. The number of hydrogen-bond acceptors (Lipinski definition) is 5. The molecule has 2 atom stereocenters. The molecule has 0 radical (unpaired) electrons. The Morgan fingerprint density at radius 3 is 2.70 bits per heavy atom. The maximum atomic E-state index is 13.4. The smallest absolute Gasteiger partial charge is 0.293 e. The Balaban J connectivity index is 1.31. The number of anilines is 1. The van der Waals surface area contributed by atoms with Gasteiger partial charge < -0.3 is 14.8 Å². The van der Waals surface area contributed by atoms with Crippen LogP contribution < -0.4 is 5.32 Å². The number of halogens is 1. The number of benzene rings is 1. The summed E-state index contributed by atoms with van der Waals surface area (Å²) in [6, 6.07) is 11.0. The number of aromatic nitrogens is 4. The molecule has 1 N–H and O–H groups in total. The van der Waals surface area contributed by atoms with Gasteiger partial charge in [0.15, 0.2) is 0 Å². The molecule has 4 heterocycles.